The minimum absolute atomic E-state index is 0.0277. The second-order valence-corrected chi connectivity index (χ2v) is 7.40. The van der Waals surface area contributed by atoms with Crippen LogP contribution in [0.4, 0.5) is 5.69 Å². The number of carbonyl (C=O) groups excluding carboxylic acids is 2. The molecule has 1 aliphatic carbocycles. The van der Waals surface area contributed by atoms with Gasteiger partial charge >= 0.3 is 0 Å². The Morgan fingerprint density at radius 3 is 2.37 bits per heavy atom. The third-order valence-corrected chi connectivity index (χ3v) is 5.99. The number of benzene rings is 2. The summed E-state index contributed by atoms with van der Waals surface area (Å²) in [7, 11) is 0. The summed E-state index contributed by atoms with van der Waals surface area (Å²) < 4.78 is 0. The van der Waals surface area contributed by atoms with Gasteiger partial charge in [0.2, 0.25) is 5.91 Å². The van der Waals surface area contributed by atoms with E-state index in [1.165, 1.54) is 0 Å². The van der Waals surface area contributed by atoms with Crippen molar-refractivity contribution in [2.75, 3.05) is 5.32 Å². The second-order valence-electron chi connectivity index (χ2n) is 6.96. The molecule has 0 unspecified atom stereocenters. The van der Waals surface area contributed by atoms with E-state index in [0.29, 0.717) is 21.8 Å². The first-order valence-electron chi connectivity index (χ1n) is 8.49. The number of nitriles is 2. The molecule has 1 N–H and O–H groups in total. The van der Waals surface area contributed by atoms with Crippen molar-refractivity contribution < 1.29 is 9.59 Å². The van der Waals surface area contributed by atoms with Gasteiger partial charge in [0.1, 0.15) is 11.2 Å². The van der Waals surface area contributed by atoms with Crippen LogP contribution < -0.4 is 5.32 Å². The summed E-state index contributed by atoms with van der Waals surface area (Å²) in [6.45, 7) is 0. The Kier molecular flexibility index (Phi) is 3.80. The lowest BCUT2D eigenvalue weighted by Crippen LogP contribution is -2.56. The van der Waals surface area contributed by atoms with Gasteiger partial charge in [-0.1, -0.05) is 41.9 Å². The number of para-hydroxylation sites is 1. The maximum Gasteiger partial charge on any atom is 0.238 e. The van der Waals surface area contributed by atoms with Crippen LogP contribution in [-0.4, -0.2) is 11.7 Å². The van der Waals surface area contributed by atoms with Crippen LogP contribution in [0.5, 0.6) is 0 Å². The fraction of sp³-hybridized carbons (Fsp3) is 0.238. The van der Waals surface area contributed by atoms with Crippen LogP contribution in [0.1, 0.15) is 29.9 Å². The van der Waals surface area contributed by atoms with Crippen LogP contribution in [0.25, 0.3) is 0 Å². The smallest absolute Gasteiger partial charge is 0.238 e. The van der Waals surface area contributed by atoms with Crippen molar-refractivity contribution in [1.82, 2.24) is 0 Å². The molecule has 2 aromatic rings. The number of anilines is 1. The maximum absolute atomic E-state index is 13.1. The molecule has 0 bridgehead atoms. The largest absolute Gasteiger partial charge is 0.325 e. The Hall–Kier alpha value is -3.15. The van der Waals surface area contributed by atoms with Crippen molar-refractivity contribution in [1.29, 1.82) is 10.5 Å². The SMILES string of the molecule is N#CC1(C#N)[C@@H](c2ccc(Cl)cc2)CC(=O)C[C@@]12C(=O)Nc1ccccc12. The van der Waals surface area contributed by atoms with Gasteiger partial charge in [-0.2, -0.15) is 10.5 Å². The van der Waals surface area contributed by atoms with Gasteiger partial charge in [0.25, 0.3) is 0 Å². The molecular formula is C21H14ClN3O2. The summed E-state index contributed by atoms with van der Waals surface area (Å²) in [5.74, 6) is -1.36. The molecule has 5 nitrogen and oxygen atoms in total. The summed E-state index contributed by atoms with van der Waals surface area (Å²) in [6.07, 6.45) is -0.138. The predicted octanol–water partition coefficient (Wildman–Crippen LogP) is 3.71. The molecule has 1 heterocycles. The highest BCUT2D eigenvalue weighted by atomic mass is 35.5. The Bertz CT molecular complexity index is 1030. The van der Waals surface area contributed by atoms with Crippen LogP contribution in [0.15, 0.2) is 48.5 Å². The zero-order chi connectivity index (χ0) is 19.2. The summed E-state index contributed by atoms with van der Waals surface area (Å²) in [4.78, 5) is 25.9. The normalized spacial score (nSPS) is 25.4. The lowest BCUT2D eigenvalue weighted by molar-refractivity contribution is -0.134. The number of hydrogen-bond acceptors (Lipinski definition) is 4. The third kappa shape index (κ3) is 2.16. The van der Waals surface area contributed by atoms with Gasteiger partial charge < -0.3 is 5.32 Å². The molecule has 2 aliphatic rings. The van der Waals surface area contributed by atoms with Gasteiger partial charge in [0.05, 0.1) is 12.1 Å². The minimum atomic E-state index is -1.72. The van der Waals surface area contributed by atoms with Crippen LogP contribution in [0.2, 0.25) is 5.02 Å². The molecule has 1 amide bonds. The molecule has 1 aliphatic heterocycles. The first-order chi connectivity index (χ1) is 13.0. The molecule has 1 fully saturated rings. The van der Waals surface area contributed by atoms with Crippen molar-refractivity contribution in [3.63, 3.8) is 0 Å². The predicted molar refractivity (Wildman–Crippen MR) is 98.8 cm³/mol. The Morgan fingerprint density at radius 1 is 1.04 bits per heavy atom. The monoisotopic (exact) mass is 375 g/mol. The molecule has 0 saturated heterocycles. The molecule has 1 spiro atoms. The van der Waals surface area contributed by atoms with Gasteiger partial charge in [-0.05, 0) is 29.3 Å². The molecular weight excluding hydrogens is 362 g/mol. The van der Waals surface area contributed by atoms with E-state index in [1.807, 2.05) is 0 Å². The van der Waals surface area contributed by atoms with Crippen LogP contribution in [0.3, 0.4) is 0 Å². The van der Waals surface area contributed by atoms with Gasteiger partial charge in [-0.25, -0.2) is 0 Å². The summed E-state index contributed by atoms with van der Waals surface area (Å²) >= 11 is 5.97. The van der Waals surface area contributed by atoms with E-state index < -0.39 is 22.7 Å². The lowest BCUT2D eigenvalue weighted by Gasteiger charge is -2.46. The Balaban J connectivity index is 2.01. The average molecular weight is 376 g/mol. The van der Waals surface area contributed by atoms with Gasteiger partial charge in [0, 0.05) is 29.5 Å². The molecule has 2 aromatic carbocycles. The number of rotatable bonds is 1. The molecule has 2 atom stereocenters. The van der Waals surface area contributed by atoms with E-state index in [9.17, 15) is 20.1 Å². The van der Waals surface area contributed by atoms with E-state index >= 15 is 0 Å². The number of nitrogens with one attached hydrogen (secondary N) is 1. The second kappa shape index (κ2) is 5.94. The summed E-state index contributed by atoms with van der Waals surface area (Å²) in [6, 6.07) is 18.0. The van der Waals surface area contributed by atoms with Crippen molar-refractivity contribution in [2.24, 2.45) is 5.41 Å². The van der Waals surface area contributed by atoms with Crippen molar-refractivity contribution in [2.45, 2.75) is 24.2 Å². The third-order valence-electron chi connectivity index (χ3n) is 5.74. The van der Waals surface area contributed by atoms with E-state index in [-0.39, 0.29) is 18.6 Å². The highest BCUT2D eigenvalue weighted by molar-refractivity contribution is 6.30. The number of halogens is 1. The summed E-state index contributed by atoms with van der Waals surface area (Å²) in [5.41, 5.74) is -1.53. The van der Waals surface area contributed by atoms with Gasteiger partial charge in [-0.3, -0.25) is 9.59 Å². The number of hydrogen-bond donors (Lipinski definition) is 1. The first-order valence-corrected chi connectivity index (χ1v) is 8.87. The molecule has 0 aromatic heterocycles. The molecule has 27 heavy (non-hydrogen) atoms. The fourth-order valence-electron chi connectivity index (χ4n) is 4.50. The molecule has 6 heteroatoms. The van der Waals surface area contributed by atoms with Gasteiger partial charge in [-0.15, -0.1) is 0 Å². The highest BCUT2D eigenvalue weighted by Crippen LogP contribution is 2.60. The van der Waals surface area contributed by atoms with E-state index in [1.54, 1.807) is 48.5 Å². The van der Waals surface area contributed by atoms with Crippen LogP contribution in [-0.2, 0) is 15.0 Å². The highest BCUT2D eigenvalue weighted by Gasteiger charge is 2.68. The lowest BCUT2D eigenvalue weighted by atomic mass is 9.49. The number of amides is 1. The quantitative estimate of drug-likeness (QED) is 0.822. The van der Waals surface area contributed by atoms with Gasteiger partial charge in [0.15, 0.2) is 5.41 Å². The maximum atomic E-state index is 13.1. The zero-order valence-electron chi connectivity index (χ0n) is 14.2. The molecule has 132 valence electrons. The van der Waals surface area contributed by atoms with Crippen molar-refractivity contribution in [3.05, 3.63) is 64.7 Å². The average Bonchev–Trinajstić information content (AvgIpc) is 2.95. The first kappa shape index (κ1) is 17.3. The standard InChI is InChI=1S/C21H14ClN3O2/c22-14-7-5-13(6-8-14)17-9-15(26)10-21(20(17,11-23)12-24)16-3-1-2-4-18(16)25-19(21)27/h1-8,17H,9-10H2,(H,25,27)/t17-,21-/m1/s1. The molecule has 1 saturated carbocycles. The number of ketones is 1. The molecule has 4 rings (SSSR count). The minimum Gasteiger partial charge on any atom is -0.325 e. The Morgan fingerprint density at radius 2 is 1.70 bits per heavy atom. The van der Waals surface area contributed by atoms with Crippen molar-refractivity contribution in [3.8, 4) is 12.1 Å². The topological polar surface area (TPSA) is 93.8 Å². The summed E-state index contributed by atoms with van der Waals surface area (Å²) in [5, 5.41) is 23.7. The van der Waals surface area contributed by atoms with Crippen LogP contribution >= 0.6 is 11.6 Å². The van der Waals surface area contributed by atoms with E-state index in [4.69, 9.17) is 11.6 Å². The van der Waals surface area contributed by atoms with Crippen LogP contribution in [0, 0.1) is 28.1 Å². The zero-order valence-corrected chi connectivity index (χ0v) is 15.0. The number of fused-ring (bicyclic) bond motifs is 2. The molecule has 0 radical (unpaired) electrons. The number of Topliss-reactive ketones (excluding diaryl/α,β-unsaturated/α-hetero) is 1. The fourth-order valence-corrected chi connectivity index (χ4v) is 4.63. The Labute approximate surface area is 161 Å². The number of nitrogens with zero attached hydrogens (tertiary/aromatic N) is 2. The van der Waals surface area contributed by atoms with E-state index in [2.05, 4.69) is 17.5 Å². The van der Waals surface area contributed by atoms with E-state index in [0.717, 1.165) is 0 Å². The number of carbonyl (C=O) groups is 2. The van der Waals surface area contributed by atoms with Crippen molar-refractivity contribution >= 4 is 29.0 Å².